The van der Waals surface area contributed by atoms with Crippen LogP contribution in [0, 0.1) is 10.1 Å². The lowest BCUT2D eigenvalue weighted by Crippen LogP contribution is -2.25. The number of nitro benzene ring substituents is 1. The molecule has 0 saturated heterocycles. The SMILES string of the molecule is CCCNC(=O)CCNc1cc(Cl)ccc1[N+](=O)[O-]. The van der Waals surface area contributed by atoms with Crippen LogP contribution < -0.4 is 10.6 Å². The molecule has 104 valence electrons. The highest BCUT2D eigenvalue weighted by Gasteiger charge is 2.13. The molecule has 19 heavy (non-hydrogen) atoms. The molecule has 0 radical (unpaired) electrons. The normalized spacial score (nSPS) is 10.0. The highest BCUT2D eigenvalue weighted by atomic mass is 35.5. The van der Waals surface area contributed by atoms with E-state index in [2.05, 4.69) is 10.6 Å². The number of rotatable bonds is 7. The minimum absolute atomic E-state index is 0.0571. The zero-order chi connectivity index (χ0) is 14.3. The Morgan fingerprint density at radius 1 is 1.42 bits per heavy atom. The molecule has 0 aliphatic rings. The standard InChI is InChI=1S/C12H16ClN3O3/c1-2-6-15-12(17)5-7-14-10-8-9(13)3-4-11(10)16(18)19/h3-4,8,14H,2,5-7H2,1H3,(H,15,17). The smallest absolute Gasteiger partial charge is 0.292 e. The Hall–Kier alpha value is -1.82. The maximum atomic E-state index is 11.4. The lowest BCUT2D eigenvalue weighted by molar-refractivity contribution is -0.384. The predicted molar refractivity (Wildman–Crippen MR) is 74.5 cm³/mol. The number of nitrogens with one attached hydrogen (secondary N) is 2. The van der Waals surface area contributed by atoms with Gasteiger partial charge in [0.25, 0.3) is 5.69 Å². The van der Waals surface area contributed by atoms with Crippen molar-refractivity contribution >= 4 is 28.9 Å². The van der Waals surface area contributed by atoms with Gasteiger partial charge in [0, 0.05) is 30.6 Å². The fraction of sp³-hybridized carbons (Fsp3) is 0.417. The zero-order valence-electron chi connectivity index (χ0n) is 10.6. The second-order valence-corrected chi connectivity index (χ2v) is 4.38. The first-order chi connectivity index (χ1) is 9.04. The van der Waals surface area contributed by atoms with Crippen molar-refractivity contribution < 1.29 is 9.72 Å². The summed E-state index contributed by atoms with van der Waals surface area (Å²) < 4.78 is 0. The number of anilines is 1. The van der Waals surface area contributed by atoms with Crippen molar-refractivity contribution in [2.75, 3.05) is 18.4 Å². The fourth-order valence-electron chi connectivity index (χ4n) is 1.47. The molecule has 2 N–H and O–H groups in total. The summed E-state index contributed by atoms with van der Waals surface area (Å²) in [5, 5.41) is 16.8. The van der Waals surface area contributed by atoms with Crippen LogP contribution in [-0.4, -0.2) is 23.9 Å². The van der Waals surface area contributed by atoms with Gasteiger partial charge in [-0.05, 0) is 18.6 Å². The zero-order valence-corrected chi connectivity index (χ0v) is 11.4. The van der Waals surface area contributed by atoms with Crippen molar-refractivity contribution in [2.24, 2.45) is 0 Å². The molecule has 6 nitrogen and oxygen atoms in total. The Morgan fingerprint density at radius 2 is 2.16 bits per heavy atom. The number of carbonyl (C=O) groups is 1. The van der Waals surface area contributed by atoms with E-state index in [1.54, 1.807) is 0 Å². The molecular weight excluding hydrogens is 270 g/mol. The molecule has 1 aromatic rings. The summed E-state index contributed by atoms with van der Waals surface area (Å²) in [4.78, 5) is 21.7. The van der Waals surface area contributed by atoms with Crippen LogP contribution in [0.5, 0.6) is 0 Å². The van der Waals surface area contributed by atoms with E-state index in [0.29, 0.717) is 23.8 Å². The van der Waals surface area contributed by atoms with Crippen LogP contribution in [-0.2, 0) is 4.79 Å². The second-order valence-electron chi connectivity index (χ2n) is 3.95. The number of benzene rings is 1. The van der Waals surface area contributed by atoms with E-state index in [4.69, 9.17) is 11.6 Å². The van der Waals surface area contributed by atoms with E-state index in [1.165, 1.54) is 18.2 Å². The van der Waals surface area contributed by atoms with E-state index < -0.39 is 4.92 Å². The molecule has 0 unspecified atom stereocenters. The van der Waals surface area contributed by atoms with Gasteiger partial charge in [-0.25, -0.2) is 0 Å². The van der Waals surface area contributed by atoms with Crippen molar-refractivity contribution in [2.45, 2.75) is 19.8 Å². The third-order valence-electron chi connectivity index (χ3n) is 2.39. The Labute approximate surface area is 116 Å². The van der Waals surface area contributed by atoms with E-state index in [1.807, 2.05) is 6.92 Å². The Balaban J connectivity index is 2.55. The molecule has 0 aliphatic carbocycles. The number of nitrogens with zero attached hydrogens (tertiary/aromatic N) is 1. The van der Waals surface area contributed by atoms with Gasteiger partial charge in [0.2, 0.25) is 5.91 Å². The van der Waals surface area contributed by atoms with Gasteiger partial charge in [-0.1, -0.05) is 18.5 Å². The van der Waals surface area contributed by atoms with Crippen LogP contribution in [0.1, 0.15) is 19.8 Å². The maximum Gasteiger partial charge on any atom is 0.292 e. The Morgan fingerprint density at radius 3 is 2.79 bits per heavy atom. The molecule has 0 saturated carbocycles. The molecule has 1 rings (SSSR count). The first kappa shape index (κ1) is 15.2. The van der Waals surface area contributed by atoms with Crippen molar-refractivity contribution in [1.82, 2.24) is 5.32 Å². The van der Waals surface area contributed by atoms with Crippen LogP contribution in [0.3, 0.4) is 0 Å². The highest BCUT2D eigenvalue weighted by molar-refractivity contribution is 6.31. The lowest BCUT2D eigenvalue weighted by Gasteiger charge is -2.07. The minimum atomic E-state index is -0.490. The molecule has 0 fully saturated rings. The molecule has 0 bridgehead atoms. The second kappa shape index (κ2) is 7.58. The van der Waals surface area contributed by atoms with Gasteiger partial charge in [0.05, 0.1) is 4.92 Å². The molecule has 7 heteroatoms. The number of amides is 1. The van der Waals surface area contributed by atoms with Crippen LogP contribution in [0.25, 0.3) is 0 Å². The van der Waals surface area contributed by atoms with E-state index >= 15 is 0 Å². The van der Waals surface area contributed by atoms with Gasteiger partial charge in [-0.2, -0.15) is 0 Å². The first-order valence-corrected chi connectivity index (χ1v) is 6.37. The van der Waals surface area contributed by atoms with Crippen LogP contribution in [0.15, 0.2) is 18.2 Å². The summed E-state index contributed by atoms with van der Waals surface area (Å²) in [7, 11) is 0. The fourth-order valence-corrected chi connectivity index (χ4v) is 1.64. The summed E-state index contributed by atoms with van der Waals surface area (Å²) in [5.74, 6) is -0.0842. The highest BCUT2D eigenvalue weighted by Crippen LogP contribution is 2.27. The molecule has 0 atom stereocenters. The van der Waals surface area contributed by atoms with Crippen LogP contribution in [0.2, 0.25) is 5.02 Å². The quantitative estimate of drug-likeness (QED) is 0.596. The summed E-state index contributed by atoms with van der Waals surface area (Å²) in [6.45, 7) is 2.92. The molecule has 1 aromatic carbocycles. The Kier molecular flexibility index (Phi) is 6.08. The maximum absolute atomic E-state index is 11.4. The summed E-state index contributed by atoms with van der Waals surface area (Å²) >= 11 is 5.79. The third-order valence-corrected chi connectivity index (χ3v) is 2.63. The number of hydrogen-bond donors (Lipinski definition) is 2. The van der Waals surface area contributed by atoms with Crippen LogP contribution in [0.4, 0.5) is 11.4 Å². The van der Waals surface area contributed by atoms with Crippen LogP contribution >= 0.6 is 11.6 Å². The van der Waals surface area contributed by atoms with Crippen molar-refractivity contribution in [3.8, 4) is 0 Å². The van der Waals surface area contributed by atoms with Gasteiger partial charge in [-0.15, -0.1) is 0 Å². The van der Waals surface area contributed by atoms with Gasteiger partial charge in [0.15, 0.2) is 0 Å². The number of hydrogen-bond acceptors (Lipinski definition) is 4. The predicted octanol–water partition coefficient (Wildman–Crippen LogP) is 2.58. The van der Waals surface area contributed by atoms with Crippen molar-refractivity contribution in [3.05, 3.63) is 33.3 Å². The lowest BCUT2D eigenvalue weighted by atomic mass is 10.2. The van der Waals surface area contributed by atoms with E-state index in [-0.39, 0.29) is 18.0 Å². The van der Waals surface area contributed by atoms with E-state index in [9.17, 15) is 14.9 Å². The van der Waals surface area contributed by atoms with Gasteiger partial charge >= 0.3 is 0 Å². The number of nitro groups is 1. The summed E-state index contributed by atoms with van der Waals surface area (Å²) in [6.07, 6.45) is 1.13. The van der Waals surface area contributed by atoms with Gasteiger partial charge < -0.3 is 10.6 Å². The topological polar surface area (TPSA) is 84.3 Å². The molecule has 1 amide bonds. The van der Waals surface area contributed by atoms with E-state index in [0.717, 1.165) is 6.42 Å². The first-order valence-electron chi connectivity index (χ1n) is 5.99. The van der Waals surface area contributed by atoms with Crippen molar-refractivity contribution in [3.63, 3.8) is 0 Å². The molecule has 0 spiro atoms. The summed E-state index contributed by atoms with van der Waals surface area (Å²) in [6, 6.07) is 4.27. The average molecular weight is 286 g/mol. The molecule has 0 heterocycles. The van der Waals surface area contributed by atoms with Gasteiger partial charge in [0.1, 0.15) is 5.69 Å². The largest absolute Gasteiger partial charge is 0.379 e. The number of carbonyl (C=O) groups excluding carboxylic acids is 1. The molecule has 0 aromatic heterocycles. The monoisotopic (exact) mass is 285 g/mol. The average Bonchev–Trinajstić information content (AvgIpc) is 2.36. The third kappa shape index (κ3) is 5.13. The Bertz CT molecular complexity index is 466. The molecular formula is C12H16ClN3O3. The minimum Gasteiger partial charge on any atom is -0.379 e. The molecule has 0 aliphatic heterocycles. The van der Waals surface area contributed by atoms with Gasteiger partial charge in [-0.3, -0.25) is 14.9 Å². The van der Waals surface area contributed by atoms with Crippen molar-refractivity contribution in [1.29, 1.82) is 0 Å². The number of halogens is 1. The summed E-state index contributed by atoms with van der Waals surface area (Å²) in [5.41, 5.74) is 0.263.